The number of rotatable bonds is 4. The van der Waals surface area contributed by atoms with Gasteiger partial charge < -0.3 is 14.6 Å². The number of nitrogens with zero attached hydrogens (tertiary/aromatic N) is 2. The van der Waals surface area contributed by atoms with E-state index in [4.69, 9.17) is 4.74 Å². The Morgan fingerprint density at radius 3 is 2.89 bits per heavy atom. The van der Waals surface area contributed by atoms with E-state index in [1.807, 2.05) is 0 Å². The fourth-order valence-electron chi connectivity index (χ4n) is 2.66. The smallest absolute Gasteiger partial charge is 0.203 e. The lowest BCUT2D eigenvalue weighted by Gasteiger charge is -2.36. The second-order valence-corrected chi connectivity index (χ2v) is 6.64. The van der Waals surface area contributed by atoms with Crippen LogP contribution in [0.15, 0.2) is 6.20 Å². The monoisotopic (exact) mass is 265 g/mol. The van der Waals surface area contributed by atoms with Crippen molar-refractivity contribution in [2.24, 2.45) is 5.92 Å². The largest absolute Gasteiger partial charge is 0.375 e. The Labute approximate surface area is 116 Å². The lowest BCUT2D eigenvalue weighted by atomic mass is 9.94. The highest BCUT2D eigenvalue weighted by Crippen LogP contribution is 2.33. The van der Waals surface area contributed by atoms with Crippen molar-refractivity contribution in [1.29, 1.82) is 0 Å². The molecule has 0 aliphatic carbocycles. The van der Waals surface area contributed by atoms with Crippen LogP contribution in [0.1, 0.15) is 52.3 Å². The van der Waals surface area contributed by atoms with Gasteiger partial charge in [-0.05, 0) is 39.5 Å². The van der Waals surface area contributed by atoms with Crippen molar-refractivity contribution in [2.75, 3.05) is 18.5 Å². The molecule has 0 saturated carbocycles. The van der Waals surface area contributed by atoms with Gasteiger partial charge in [-0.1, -0.05) is 13.8 Å². The molecule has 4 heteroatoms. The van der Waals surface area contributed by atoms with Gasteiger partial charge in [-0.3, -0.25) is 0 Å². The SMILES string of the molecule is Cc1cn(C2CCOC(C)(C)C2)c(NCC(C)C)n1. The lowest BCUT2D eigenvalue weighted by Crippen LogP contribution is -2.35. The minimum atomic E-state index is -0.0313. The summed E-state index contributed by atoms with van der Waals surface area (Å²) in [4.78, 5) is 4.62. The van der Waals surface area contributed by atoms with Crippen LogP contribution in [0.25, 0.3) is 0 Å². The molecule has 1 atom stereocenters. The van der Waals surface area contributed by atoms with Crippen molar-refractivity contribution in [2.45, 2.75) is 59.1 Å². The number of nitrogens with one attached hydrogen (secondary N) is 1. The maximum absolute atomic E-state index is 5.81. The van der Waals surface area contributed by atoms with Crippen LogP contribution in [0.3, 0.4) is 0 Å². The third-order valence-corrected chi connectivity index (χ3v) is 3.59. The Kier molecular flexibility index (Phi) is 4.19. The Morgan fingerprint density at radius 2 is 2.26 bits per heavy atom. The Hall–Kier alpha value is -1.03. The average molecular weight is 265 g/mol. The quantitative estimate of drug-likeness (QED) is 0.907. The minimum Gasteiger partial charge on any atom is -0.375 e. The summed E-state index contributed by atoms with van der Waals surface area (Å²) >= 11 is 0. The number of hydrogen-bond donors (Lipinski definition) is 1. The number of anilines is 1. The first-order valence-electron chi connectivity index (χ1n) is 7.31. The van der Waals surface area contributed by atoms with Crippen molar-refractivity contribution < 1.29 is 4.74 Å². The van der Waals surface area contributed by atoms with Crippen LogP contribution >= 0.6 is 0 Å². The number of imidazole rings is 1. The molecule has 19 heavy (non-hydrogen) atoms. The molecular weight excluding hydrogens is 238 g/mol. The van der Waals surface area contributed by atoms with Gasteiger partial charge in [-0.15, -0.1) is 0 Å². The van der Waals surface area contributed by atoms with Gasteiger partial charge in [0.05, 0.1) is 11.3 Å². The molecule has 1 unspecified atom stereocenters. The van der Waals surface area contributed by atoms with Gasteiger partial charge in [0.2, 0.25) is 5.95 Å². The average Bonchev–Trinajstić information content (AvgIpc) is 2.66. The molecule has 1 aliphatic heterocycles. The van der Waals surface area contributed by atoms with Crippen molar-refractivity contribution in [3.8, 4) is 0 Å². The van der Waals surface area contributed by atoms with E-state index in [-0.39, 0.29) is 5.60 Å². The molecular formula is C15H27N3O. The molecule has 2 heterocycles. The van der Waals surface area contributed by atoms with E-state index in [1.54, 1.807) is 0 Å². The van der Waals surface area contributed by atoms with Crippen LogP contribution in [0.4, 0.5) is 5.95 Å². The second kappa shape index (κ2) is 5.53. The van der Waals surface area contributed by atoms with E-state index >= 15 is 0 Å². The Morgan fingerprint density at radius 1 is 1.53 bits per heavy atom. The summed E-state index contributed by atoms with van der Waals surface area (Å²) in [6.45, 7) is 12.6. The third kappa shape index (κ3) is 3.72. The van der Waals surface area contributed by atoms with Crippen molar-refractivity contribution >= 4 is 5.95 Å². The first kappa shape index (κ1) is 14.4. The van der Waals surface area contributed by atoms with Crippen LogP contribution in [0, 0.1) is 12.8 Å². The standard InChI is InChI=1S/C15H27N3O/c1-11(2)9-16-14-17-12(3)10-18(14)13-6-7-19-15(4,5)8-13/h10-11,13H,6-9H2,1-5H3,(H,16,17). The third-order valence-electron chi connectivity index (χ3n) is 3.59. The minimum absolute atomic E-state index is 0.0313. The second-order valence-electron chi connectivity index (χ2n) is 6.64. The van der Waals surface area contributed by atoms with Crippen LogP contribution < -0.4 is 5.32 Å². The molecule has 0 spiro atoms. The number of hydrogen-bond acceptors (Lipinski definition) is 3. The highest BCUT2D eigenvalue weighted by Gasteiger charge is 2.30. The number of aryl methyl sites for hydroxylation is 1. The fraction of sp³-hybridized carbons (Fsp3) is 0.800. The molecule has 0 bridgehead atoms. The van der Waals surface area contributed by atoms with Gasteiger partial charge in [0.15, 0.2) is 0 Å². The van der Waals surface area contributed by atoms with Gasteiger partial charge in [0, 0.05) is 25.4 Å². The van der Waals surface area contributed by atoms with E-state index in [9.17, 15) is 0 Å². The van der Waals surface area contributed by atoms with Crippen LogP contribution in [-0.4, -0.2) is 28.3 Å². The topological polar surface area (TPSA) is 39.1 Å². The summed E-state index contributed by atoms with van der Waals surface area (Å²) in [6, 6.07) is 0.486. The fourth-order valence-corrected chi connectivity index (χ4v) is 2.66. The predicted molar refractivity (Wildman–Crippen MR) is 78.6 cm³/mol. The first-order chi connectivity index (χ1) is 8.87. The molecule has 0 amide bonds. The van der Waals surface area contributed by atoms with E-state index in [0.29, 0.717) is 12.0 Å². The molecule has 0 aromatic carbocycles. The zero-order chi connectivity index (χ0) is 14.0. The Balaban J connectivity index is 2.14. The highest BCUT2D eigenvalue weighted by molar-refractivity contribution is 5.29. The molecule has 1 aromatic heterocycles. The zero-order valence-electron chi connectivity index (χ0n) is 12.9. The molecule has 1 saturated heterocycles. The molecule has 1 N–H and O–H groups in total. The van der Waals surface area contributed by atoms with Crippen LogP contribution in [0.5, 0.6) is 0 Å². The predicted octanol–water partition coefficient (Wildman–Crippen LogP) is 3.39. The molecule has 1 aliphatic rings. The van der Waals surface area contributed by atoms with E-state index in [0.717, 1.165) is 37.6 Å². The summed E-state index contributed by atoms with van der Waals surface area (Å²) in [5.74, 6) is 1.63. The molecule has 4 nitrogen and oxygen atoms in total. The maximum Gasteiger partial charge on any atom is 0.203 e. The van der Waals surface area contributed by atoms with Gasteiger partial charge in [-0.25, -0.2) is 4.98 Å². The van der Waals surface area contributed by atoms with Gasteiger partial charge in [0.1, 0.15) is 0 Å². The molecule has 0 radical (unpaired) electrons. The molecule has 1 fully saturated rings. The first-order valence-corrected chi connectivity index (χ1v) is 7.31. The number of aromatic nitrogens is 2. The number of ether oxygens (including phenoxy) is 1. The summed E-state index contributed by atoms with van der Waals surface area (Å²) in [5, 5.41) is 3.47. The van der Waals surface area contributed by atoms with E-state index in [1.165, 1.54) is 0 Å². The highest BCUT2D eigenvalue weighted by atomic mass is 16.5. The van der Waals surface area contributed by atoms with Crippen LogP contribution in [0.2, 0.25) is 0 Å². The van der Waals surface area contributed by atoms with Crippen molar-refractivity contribution in [3.05, 3.63) is 11.9 Å². The lowest BCUT2D eigenvalue weighted by molar-refractivity contribution is -0.0688. The van der Waals surface area contributed by atoms with Gasteiger partial charge >= 0.3 is 0 Å². The van der Waals surface area contributed by atoms with Gasteiger partial charge in [-0.2, -0.15) is 0 Å². The van der Waals surface area contributed by atoms with E-state index < -0.39 is 0 Å². The molecule has 1 aromatic rings. The van der Waals surface area contributed by atoms with Crippen LogP contribution in [-0.2, 0) is 4.74 Å². The molecule has 108 valence electrons. The van der Waals surface area contributed by atoms with Crippen molar-refractivity contribution in [3.63, 3.8) is 0 Å². The summed E-state index contributed by atoms with van der Waals surface area (Å²) < 4.78 is 8.12. The summed E-state index contributed by atoms with van der Waals surface area (Å²) in [7, 11) is 0. The molecule has 2 rings (SSSR count). The van der Waals surface area contributed by atoms with Gasteiger partial charge in [0.25, 0.3) is 0 Å². The summed E-state index contributed by atoms with van der Waals surface area (Å²) in [6.07, 6.45) is 4.27. The maximum atomic E-state index is 5.81. The zero-order valence-corrected chi connectivity index (χ0v) is 12.9. The summed E-state index contributed by atoms with van der Waals surface area (Å²) in [5.41, 5.74) is 1.05. The van der Waals surface area contributed by atoms with Crippen molar-refractivity contribution in [1.82, 2.24) is 9.55 Å². The normalized spacial score (nSPS) is 22.7. The van der Waals surface area contributed by atoms with E-state index in [2.05, 4.69) is 55.7 Å². The Bertz CT molecular complexity index is 423.